The molecule has 2 aromatic rings. The van der Waals surface area contributed by atoms with Gasteiger partial charge in [0.1, 0.15) is 11.6 Å². The van der Waals surface area contributed by atoms with Gasteiger partial charge in [-0.3, -0.25) is 4.79 Å². The maximum absolute atomic E-state index is 13.4. The van der Waals surface area contributed by atoms with Crippen molar-refractivity contribution >= 4 is 54.8 Å². The fourth-order valence-electron chi connectivity index (χ4n) is 1.24. The van der Waals surface area contributed by atoms with E-state index in [2.05, 4.69) is 37.2 Å². The van der Waals surface area contributed by atoms with Crippen LogP contribution in [-0.2, 0) is 0 Å². The molecular weight excluding hydrogens is 392 g/mol. The second-order valence-electron chi connectivity index (χ2n) is 3.30. The van der Waals surface area contributed by atoms with Gasteiger partial charge in [-0.25, -0.2) is 8.78 Å². The third-order valence-electron chi connectivity index (χ3n) is 2.06. The van der Waals surface area contributed by atoms with Gasteiger partial charge in [-0.05, 0) is 50.1 Å². The molecule has 2 rings (SSSR count). The standard InChI is InChI=1S/C11H5Br2F2NOS/c12-5-3-8(7(15)4-6(5)14)16-11(17)9-1-2-10(13)18-9/h1-4H,(H,16,17). The number of carbonyl (C=O) groups is 1. The number of rotatable bonds is 2. The van der Waals surface area contributed by atoms with Crippen molar-refractivity contribution in [1.29, 1.82) is 0 Å². The molecule has 1 amide bonds. The number of benzene rings is 1. The van der Waals surface area contributed by atoms with Crippen LogP contribution in [0.15, 0.2) is 32.5 Å². The fraction of sp³-hybridized carbons (Fsp3) is 0. The zero-order valence-corrected chi connectivity index (χ0v) is 12.6. The van der Waals surface area contributed by atoms with Crippen LogP contribution in [0, 0.1) is 11.6 Å². The van der Waals surface area contributed by atoms with E-state index in [4.69, 9.17) is 0 Å². The number of nitrogens with one attached hydrogen (secondary N) is 1. The molecular formula is C11H5Br2F2NOS. The van der Waals surface area contributed by atoms with Gasteiger partial charge in [0.05, 0.1) is 18.8 Å². The Kier molecular flexibility index (Phi) is 4.14. The Morgan fingerprint density at radius 2 is 1.89 bits per heavy atom. The van der Waals surface area contributed by atoms with Crippen LogP contribution in [0.25, 0.3) is 0 Å². The predicted molar refractivity (Wildman–Crippen MR) is 74.0 cm³/mol. The number of hydrogen-bond acceptors (Lipinski definition) is 2. The monoisotopic (exact) mass is 395 g/mol. The van der Waals surface area contributed by atoms with Gasteiger partial charge in [-0.2, -0.15) is 0 Å². The van der Waals surface area contributed by atoms with Crippen molar-refractivity contribution in [3.8, 4) is 0 Å². The highest BCUT2D eigenvalue weighted by atomic mass is 79.9. The molecule has 1 aromatic carbocycles. The van der Waals surface area contributed by atoms with E-state index in [1.807, 2.05) is 0 Å². The average molecular weight is 397 g/mol. The first-order valence-electron chi connectivity index (χ1n) is 4.68. The van der Waals surface area contributed by atoms with Gasteiger partial charge in [0.25, 0.3) is 5.91 Å². The Bertz CT molecular complexity index is 615. The maximum Gasteiger partial charge on any atom is 0.265 e. The molecule has 1 aromatic heterocycles. The van der Waals surface area contributed by atoms with Gasteiger partial charge in [-0.15, -0.1) is 11.3 Å². The summed E-state index contributed by atoms with van der Waals surface area (Å²) in [6, 6.07) is 5.23. The quantitative estimate of drug-likeness (QED) is 0.725. The van der Waals surface area contributed by atoms with Crippen LogP contribution in [0.3, 0.4) is 0 Å². The molecule has 0 saturated heterocycles. The number of carbonyl (C=O) groups excluding carboxylic acids is 1. The van der Waals surface area contributed by atoms with Gasteiger partial charge in [0.15, 0.2) is 0 Å². The third-order valence-corrected chi connectivity index (χ3v) is 4.29. The molecule has 0 aliphatic rings. The Morgan fingerprint density at radius 3 is 2.50 bits per heavy atom. The van der Waals surface area contributed by atoms with Crippen LogP contribution in [-0.4, -0.2) is 5.91 Å². The maximum atomic E-state index is 13.4. The number of thiophene rings is 1. The summed E-state index contributed by atoms with van der Waals surface area (Å²) in [4.78, 5) is 12.2. The smallest absolute Gasteiger partial charge is 0.265 e. The van der Waals surface area contributed by atoms with Crippen LogP contribution in [0.1, 0.15) is 9.67 Å². The molecule has 1 N–H and O–H groups in total. The molecule has 2 nitrogen and oxygen atoms in total. The minimum Gasteiger partial charge on any atom is -0.319 e. The van der Waals surface area contributed by atoms with E-state index in [-0.39, 0.29) is 10.2 Å². The normalized spacial score (nSPS) is 10.4. The molecule has 0 aliphatic heterocycles. The van der Waals surface area contributed by atoms with Crippen LogP contribution in [0.5, 0.6) is 0 Å². The summed E-state index contributed by atoms with van der Waals surface area (Å²) in [6.45, 7) is 0. The summed E-state index contributed by atoms with van der Waals surface area (Å²) in [5, 5.41) is 2.39. The van der Waals surface area contributed by atoms with Crippen LogP contribution >= 0.6 is 43.2 Å². The fourth-order valence-corrected chi connectivity index (χ4v) is 2.86. The Morgan fingerprint density at radius 1 is 1.17 bits per heavy atom. The molecule has 0 fully saturated rings. The summed E-state index contributed by atoms with van der Waals surface area (Å²) in [5.41, 5.74) is -0.0715. The number of amides is 1. The largest absolute Gasteiger partial charge is 0.319 e. The minimum atomic E-state index is -0.820. The van der Waals surface area contributed by atoms with Crippen molar-refractivity contribution < 1.29 is 13.6 Å². The lowest BCUT2D eigenvalue weighted by Gasteiger charge is -2.06. The first-order chi connectivity index (χ1) is 8.47. The van der Waals surface area contributed by atoms with Crippen LogP contribution in [0.4, 0.5) is 14.5 Å². The van der Waals surface area contributed by atoms with E-state index in [0.717, 1.165) is 3.79 Å². The molecule has 0 saturated carbocycles. The highest BCUT2D eigenvalue weighted by Crippen LogP contribution is 2.26. The third kappa shape index (κ3) is 2.96. The molecule has 94 valence electrons. The summed E-state index contributed by atoms with van der Waals surface area (Å²) >= 11 is 7.39. The van der Waals surface area contributed by atoms with E-state index < -0.39 is 17.5 Å². The second kappa shape index (κ2) is 5.46. The Balaban J connectivity index is 2.24. The van der Waals surface area contributed by atoms with Crippen molar-refractivity contribution in [1.82, 2.24) is 0 Å². The first kappa shape index (κ1) is 13.6. The van der Waals surface area contributed by atoms with Gasteiger partial charge in [-0.1, -0.05) is 0 Å². The summed E-state index contributed by atoms with van der Waals surface area (Å²) in [7, 11) is 0. The minimum absolute atomic E-state index is 0.0715. The molecule has 0 aliphatic carbocycles. The van der Waals surface area contributed by atoms with E-state index in [0.29, 0.717) is 10.9 Å². The summed E-state index contributed by atoms with van der Waals surface area (Å²) < 4.78 is 27.3. The Hall–Kier alpha value is -0.790. The molecule has 18 heavy (non-hydrogen) atoms. The van der Waals surface area contributed by atoms with Gasteiger partial charge in [0.2, 0.25) is 0 Å². The zero-order valence-electron chi connectivity index (χ0n) is 8.64. The number of halogens is 4. The SMILES string of the molecule is O=C(Nc1cc(Br)c(F)cc1F)c1ccc(Br)s1. The lowest BCUT2D eigenvalue weighted by molar-refractivity contribution is 0.103. The molecule has 0 bridgehead atoms. The highest BCUT2D eigenvalue weighted by molar-refractivity contribution is 9.11. The molecule has 0 radical (unpaired) electrons. The summed E-state index contributed by atoms with van der Waals surface area (Å²) in [5.74, 6) is -1.98. The van der Waals surface area contributed by atoms with E-state index in [1.54, 1.807) is 12.1 Å². The van der Waals surface area contributed by atoms with Crippen LogP contribution < -0.4 is 5.32 Å². The van der Waals surface area contributed by atoms with Crippen molar-refractivity contribution in [2.45, 2.75) is 0 Å². The lowest BCUT2D eigenvalue weighted by atomic mass is 10.3. The number of anilines is 1. The van der Waals surface area contributed by atoms with Crippen molar-refractivity contribution in [2.24, 2.45) is 0 Å². The number of hydrogen-bond donors (Lipinski definition) is 1. The van der Waals surface area contributed by atoms with Gasteiger partial charge < -0.3 is 5.32 Å². The molecule has 0 atom stereocenters. The Labute approximate surface area is 122 Å². The van der Waals surface area contributed by atoms with Crippen LogP contribution in [0.2, 0.25) is 0 Å². The predicted octanol–water partition coefficient (Wildman–Crippen LogP) is 4.80. The molecule has 0 unspecified atom stereocenters. The van der Waals surface area contributed by atoms with E-state index in [1.165, 1.54) is 17.4 Å². The topological polar surface area (TPSA) is 29.1 Å². The van der Waals surface area contributed by atoms with Gasteiger partial charge in [0, 0.05) is 6.07 Å². The van der Waals surface area contributed by atoms with Crippen molar-refractivity contribution in [3.63, 3.8) is 0 Å². The van der Waals surface area contributed by atoms with Crippen molar-refractivity contribution in [2.75, 3.05) is 5.32 Å². The second-order valence-corrected chi connectivity index (χ2v) is 6.62. The molecule has 7 heteroatoms. The summed E-state index contributed by atoms with van der Waals surface area (Å²) in [6.07, 6.45) is 0. The molecule has 1 heterocycles. The first-order valence-corrected chi connectivity index (χ1v) is 7.09. The van der Waals surface area contributed by atoms with E-state index in [9.17, 15) is 13.6 Å². The zero-order chi connectivity index (χ0) is 13.3. The highest BCUT2D eigenvalue weighted by Gasteiger charge is 2.13. The van der Waals surface area contributed by atoms with E-state index >= 15 is 0 Å². The molecule has 0 spiro atoms. The van der Waals surface area contributed by atoms with Gasteiger partial charge >= 0.3 is 0 Å². The average Bonchev–Trinajstić information content (AvgIpc) is 2.73. The lowest BCUT2D eigenvalue weighted by Crippen LogP contribution is -2.11. The van der Waals surface area contributed by atoms with Crippen molar-refractivity contribution in [3.05, 3.63) is 49.0 Å².